The molecule has 3 rings (SSSR count). The van der Waals surface area contributed by atoms with Crippen LogP contribution in [0.3, 0.4) is 0 Å². The first-order valence-electron chi connectivity index (χ1n) is 5.87. The van der Waals surface area contributed by atoms with Gasteiger partial charge in [0.25, 0.3) is 5.22 Å². The maximum absolute atomic E-state index is 9.52. The van der Waals surface area contributed by atoms with E-state index in [2.05, 4.69) is 9.97 Å². The highest BCUT2D eigenvalue weighted by atomic mass is 32.2. The Morgan fingerprint density at radius 2 is 2.16 bits per heavy atom. The summed E-state index contributed by atoms with van der Waals surface area (Å²) in [5, 5.41) is 10.8. The molecule has 0 aliphatic carbocycles. The summed E-state index contributed by atoms with van der Waals surface area (Å²) in [5.41, 5.74) is 2.42. The molecule has 0 radical (unpaired) electrons. The summed E-state index contributed by atoms with van der Waals surface area (Å²) in [6.07, 6.45) is 1.88. The van der Waals surface area contributed by atoms with E-state index in [1.807, 2.05) is 42.6 Å². The van der Waals surface area contributed by atoms with Crippen LogP contribution < -0.4 is 0 Å². The molecule has 0 aromatic carbocycles. The number of hydrogen-bond donors (Lipinski definition) is 1. The quantitative estimate of drug-likeness (QED) is 0.796. The molecule has 0 atom stereocenters. The van der Waals surface area contributed by atoms with Crippen LogP contribution in [-0.4, -0.2) is 19.5 Å². The Hall–Kier alpha value is -1.79. The third-order valence-electron chi connectivity index (χ3n) is 2.93. The van der Waals surface area contributed by atoms with Crippen LogP contribution in [0.15, 0.2) is 39.1 Å². The number of imidazole rings is 1. The van der Waals surface area contributed by atoms with Crippen molar-refractivity contribution < 1.29 is 9.52 Å². The summed E-state index contributed by atoms with van der Waals surface area (Å²) >= 11 is 1.33. The van der Waals surface area contributed by atoms with Gasteiger partial charge in [0.1, 0.15) is 16.4 Å². The molecule has 3 aromatic heterocycles. The van der Waals surface area contributed by atoms with Crippen molar-refractivity contribution in [2.45, 2.75) is 30.7 Å². The summed E-state index contributed by atoms with van der Waals surface area (Å²) in [6.45, 7) is 3.70. The summed E-state index contributed by atoms with van der Waals surface area (Å²) < 4.78 is 7.40. The van der Waals surface area contributed by atoms with E-state index in [1.165, 1.54) is 11.8 Å². The zero-order chi connectivity index (χ0) is 13.4. The summed E-state index contributed by atoms with van der Waals surface area (Å²) in [5.74, 6) is 0.803. The Kier molecular flexibility index (Phi) is 3.04. The molecule has 0 amide bonds. The minimum Gasteiger partial charge on any atom is -0.436 e. The van der Waals surface area contributed by atoms with E-state index >= 15 is 0 Å². The first kappa shape index (κ1) is 12.3. The average molecular weight is 275 g/mol. The highest BCUT2D eigenvalue weighted by molar-refractivity contribution is 7.99. The van der Waals surface area contributed by atoms with Crippen LogP contribution in [0.1, 0.15) is 17.1 Å². The van der Waals surface area contributed by atoms with E-state index in [0.717, 1.165) is 27.8 Å². The Morgan fingerprint density at radius 1 is 1.32 bits per heavy atom. The number of aliphatic hydroxyl groups excluding tert-OH is 1. The molecule has 3 aromatic rings. The van der Waals surface area contributed by atoms with E-state index < -0.39 is 0 Å². The van der Waals surface area contributed by atoms with Gasteiger partial charge in [0.2, 0.25) is 0 Å². The lowest BCUT2D eigenvalue weighted by molar-refractivity contribution is 0.272. The lowest BCUT2D eigenvalue weighted by atomic mass is 10.4. The molecule has 0 bridgehead atoms. The molecule has 0 spiro atoms. The van der Waals surface area contributed by atoms with Crippen molar-refractivity contribution in [1.82, 2.24) is 14.4 Å². The third kappa shape index (κ3) is 2.13. The molecule has 0 saturated carbocycles. The Labute approximate surface area is 114 Å². The predicted molar refractivity (Wildman–Crippen MR) is 71.2 cm³/mol. The van der Waals surface area contributed by atoms with Gasteiger partial charge < -0.3 is 13.9 Å². The highest BCUT2D eigenvalue weighted by Gasteiger charge is 2.15. The number of aromatic nitrogens is 3. The minimum atomic E-state index is -0.0772. The zero-order valence-electron chi connectivity index (χ0n) is 10.6. The van der Waals surface area contributed by atoms with E-state index in [-0.39, 0.29) is 6.61 Å². The van der Waals surface area contributed by atoms with Gasteiger partial charge in [-0.3, -0.25) is 0 Å². The van der Waals surface area contributed by atoms with Crippen molar-refractivity contribution in [2.75, 3.05) is 0 Å². The summed E-state index contributed by atoms with van der Waals surface area (Å²) in [6, 6.07) is 5.72. The molecule has 19 heavy (non-hydrogen) atoms. The first-order valence-corrected chi connectivity index (χ1v) is 6.69. The zero-order valence-corrected chi connectivity index (χ0v) is 11.4. The van der Waals surface area contributed by atoms with E-state index in [1.54, 1.807) is 0 Å². The summed E-state index contributed by atoms with van der Waals surface area (Å²) in [7, 11) is 0. The molecule has 5 nitrogen and oxygen atoms in total. The molecule has 0 aliphatic rings. The van der Waals surface area contributed by atoms with Gasteiger partial charge in [-0.2, -0.15) is 0 Å². The number of nitrogens with zero attached hydrogens (tertiary/aromatic N) is 3. The number of pyridine rings is 1. The molecule has 98 valence electrons. The van der Waals surface area contributed by atoms with Crippen LogP contribution in [0.5, 0.6) is 0 Å². The fraction of sp³-hybridized carbons (Fsp3) is 0.231. The van der Waals surface area contributed by atoms with Crippen molar-refractivity contribution in [2.24, 2.45) is 0 Å². The van der Waals surface area contributed by atoms with Crippen molar-refractivity contribution >= 4 is 17.4 Å². The smallest absolute Gasteiger partial charge is 0.262 e. The molecule has 0 fully saturated rings. The minimum absolute atomic E-state index is 0.0772. The molecule has 0 unspecified atom stereocenters. The third-order valence-corrected chi connectivity index (χ3v) is 3.80. The molecular formula is C13H13N3O2S. The second kappa shape index (κ2) is 4.71. The second-order valence-electron chi connectivity index (χ2n) is 4.17. The monoisotopic (exact) mass is 275 g/mol. The topological polar surface area (TPSA) is 63.6 Å². The van der Waals surface area contributed by atoms with Gasteiger partial charge in [-0.05, 0) is 37.7 Å². The number of aryl methyl sites for hydroxylation is 2. The Balaban J connectivity index is 2.04. The maximum atomic E-state index is 9.52. The maximum Gasteiger partial charge on any atom is 0.262 e. The molecule has 6 heteroatoms. The number of oxazole rings is 1. The number of fused-ring (bicyclic) bond motifs is 1. The van der Waals surface area contributed by atoms with Crippen molar-refractivity contribution in [1.29, 1.82) is 0 Å². The lowest BCUT2D eigenvalue weighted by Crippen LogP contribution is -1.92. The molecule has 3 heterocycles. The number of aliphatic hydroxyl groups is 1. The van der Waals surface area contributed by atoms with Gasteiger partial charge in [-0.15, -0.1) is 0 Å². The Bertz CT molecular complexity index is 713. The number of hydrogen-bond acceptors (Lipinski definition) is 5. The normalized spacial score (nSPS) is 11.3. The standard InChI is InChI=1S/C13H13N3O2S/c1-8-9(2)18-13(14-8)19-12-10(7-17)16-6-4-3-5-11(16)15-12/h3-6,17H,7H2,1-2H3. The van der Waals surface area contributed by atoms with Crippen molar-refractivity contribution in [3.8, 4) is 0 Å². The van der Waals surface area contributed by atoms with Gasteiger partial charge >= 0.3 is 0 Å². The first-order chi connectivity index (χ1) is 9.19. The highest BCUT2D eigenvalue weighted by Crippen LogP contribution is 2.31. The predicted octanol–water partition coefficient (Wildman–Crippen LogP) is 2.58. The van der Waals surface area contributed by atoms with E-state index in [4.69, 9.17) is 4.42 Å². The molecule has 1 N–H and O–H groups in total. The Morgan fingerprint density at radius 3 is 2.84 bits per heavy atom. The molecular weight excluding hydrogens is 262 g/mol. The molecule has 0 saturated heterocycles. The van der Waals surface area contributed by atoms with Gasteiger partial charge in [-0.1, -0.05) is 6.07 Å². The fourth-order valence-electron chi connectivity index (χ4n) is 1.82. The number of rotatable bonds is 3. The van der Waals surface area contributed by atoms with Crippen LogP contribution in [0.4, 0.5) is 0 Å². The van der Waals surface area contributed by atoms with Crippen LogP contribution in [0.2, 0.25) is 0 Å². The molecule has 0 aliphatic heterocycles. The lowest BCUT2D eigenvalue weighted by Gasteiger charge is -1.98. The van der Waals surface area contributed by atoms with Crippen molar-refractivity contribution in [3.05, 3.63) is 41.5 Å². The SMILES string of the molecule is Cc1nc(Sc2nc3ccccn3c2CO)oc1C. The van der Waals surface area contributed by atoms with Crippen LogP contribution in [0.25, 0.3) is 5.65 Å². The van der Waals surface area contributed by atoms with Gasteiger partial charge in [0.15, 0.2) is 0 Å². The van der Waals surface area contributed by atoms with Crippen LogP contribution >= 0.6 is 11.8 Å². The van der Waals surface area contributed by atoms with Gasteiger partial charge in [0.05, 0.1) is 18.0 Å². The van der Waals surface area contributed by atoms with Crippen molar-refractivity contribution in [3.63, 3.8) is 0 Å². The van der Waals surface area contributed by atoms with Crippen LogP contribution in [0, 0.1) is 13.8 Å². The van der Waals surface area contributed by atoms with Crippen LogP contribution in [-0.2, 0) is 6.61 Å². The van der Waals surface area contributed by atoms with E-state index in [0.29, 0.717) is 5.22 Å². The van der Waals surface area contributed by atoms with Gasteiger partial charge in [-0.25, -0.2) is 9.97 Å². The fourth-order valence-corrected chi connectivity index (χ4v) is 2.75. The largest absolute Gasteiger partial charge is 0.436 e. The second-order valence-corrected chi connectivity index (χ2v) is 5.11. The van der Waals surface area contributed by atoms with E-state index in [9.17, 15) is 5.11 Å². The summed E-state index contributed by atoms with van der Waals surface area (Å²) in [4.78, 5) is 8.80. The van der Waals surface area contributed by atoms with Gasteiger partial charge in [0, 0.05) is 6.20 Å². The average Bonchev–Trinajstić information content (AvgIpc) is 2.90.